The number of furan rings is 1. The third kappa shape index (κ3) is 4.68. The molecule has 0 fully saturated rings. The summed E-state index contributed by atoms with van der Waals surface area (Å²) < 4.78 is 11.3. The lowest BCUT2D eigenvalue weighted by molar-refractivity contribution is -0.129. The van der Waals surface area contributed by atoms with Gasteiger partial charge >= 0.3 is 0 Å². The zero-order valence-corrected chi connectivity index (χ0v) is 19.6. The highest BCUT2D eigenvalue weighted by Gasteiger charge is 2.44. The molecule has 1 aliphatic heterocycles. The molecule has 0 bridgehead atoms. The molecule has 172 valence electrons. The molecule has 1 N–H and O–H groups in total. The zero-order valence-electron chi connectivity index (χ0n) is 18.8. The van der Waals surface area contributed by atoms with Crippen LogP contribution in [-0.2, 0) is 9.53 Å². The Bertz CT molecular complexity index is 1240. The SMILES string of the molecule is Cc1cccc(C2C(C(=O)c3cc4cc(Cl)ccc4o3)=C(O)C(=O)N2CCCOC(C)C)c1. The van der Waals surface area contributed by atoms with Crippen molar-refractivity contribution in [2.75, 3.05) is 13.2 Å². The Hall–Kier alpha value is -3.09. The van der Waals surface area contributed by atoms with E-state index in [1.807, 2.05) is 45.0 Å². The minimum Gasteiger partial charge on any atom is -0.503 e. The molecule has 1 aromatic heterocycles. The maximum absolute atomic E-state index is 13.5. The number of carbonyl (C=O) groups is 2. The molecule has 1 amide bonds. The summed E-state index contributed by atoms with van der Waals surface area (Å²) in [6, 6.07) is 13.5. The number of fused-ring (bicyclic) bond motifs is 1. The first kappa shape index (κ1) is 23.1. The van der Waals surface area contributed by atoms with Crippen LogP contribution in [0, 0.1) is 6.92 Å². The highest BCUT2D eigenvalue weighted by atomic mass is 35.5. The molecule has 3 aromatic rings. The van der Waals surface area contributed by atoms with Gasteiger partial charge in [-0.2, -0.15) is 0 Å². The molecule has 7 heteroatoms. The molecule has 0 spiro atoms. The minimum atomic E-state index is -0.722. The quantitative estimate of drug-likeness (QED) is 0.335. The van der Waals surface area contributed by atoms with Crippen molar-refractivity contribution in [2.24, 2.45) is 0 Å². The van der Waals surface area contributed by atoms with Crippen LogP contribution in [0.2, 0.25) is 5.02 Å². The molecule has 1 aliphatic rings. The van der Waals surface area contributed by atoms with Gasteiger partial charge < -0.3 is 19.2 Å². The number of ketones is 1. The summed E-state index contributed by atoms with van der Waals surface area (Å²) in [5.74, 6) is -1.60. The van der Waals surface area contributed by atoms with E-state index in [4.69, 9.17) is 20.8 Å². The summed E-state index contributed by atoms with van der Waals surface area (Å²) in [6.45, 7) is 6.63. The Labute approximate surface area is 197 Å². The van der Waals surface area contributed by atoms with Crippen LogP contribution in [-0.4, -0.2) is 41.0 Å². The Morgan fingerprint density at radius 1 is 1.21 bits per heavy atom. The van der Waals surface area contributed by atoms with E-state index in [0.29, 0.717) is 35.6 Å². The van der Waals surface area contributed by atoms with Crippen molar-refractivity contribution in [3.63, 3.8) is 0 Å². The second-order valence-electron chi connectivity index (χ2n) is 8.47. The van der Waals surface area contributed by atoms with Gasteiger partial charge in [0.05, 0.1) is 17.7 Å². The van der Waals surface area contributed by atoms with Gasteiger partial charge in [0.15, 0.2) is 11.5 Å². The van der Waals surface area contributed by atoms with Crippen LogP contribution in [0.3, 0.4) is 0 Å². The first-order valence-electron chi connectivity index (χ1n) is 10.9. The van der Waals surface area contributed by atoms with E-state index in [9.17, 15) is 14.7 Å². The average molecular weight is 468 g/mol. The fraction of sp³-hybridized carbons (Fsp3) is 0.308. The number of carbonyl (C=O) groups excluding carboxylic acids is 2. The van der Waals surface area contributed by atoms with Crippen molar-refractivity contribution >= 4 is 34.3 Å². The number of Topliss-reactive ketones (excluding diaryl/α,β-unsaturated/α-hetero) is 1. The number of aliphatic hydroxyl groups excluding tert-OH is 1. The molecule has 0 radical (unpaired) electrons. The van der Waals surface area contributed by atoms with Crippen molar-refractivity contribution in [2.45, 2.75) is 39.3 Å². The van der Waals surface area contributed by atoms with E-state index in [-0.39, 0.29) is 17.4 Å². The Kier molecular flexibility index (Phi) is 6.58. The summed E-state index contributed by atoms with van der Waals surface area (Å²) in [6.07, 6.45) is 0.654. The normalized spacial score (nSPS) is 16.5. The fourth-order valence-electron chi connectivity index (χ4n) is 4.12. The Balaban J connectivity index is 1.71. The Morgan fingerprint density at radius 2 is 2.00 bits per heavy atom. The van der Waals surface area contributed by atoms with Crippen LogP contribution >= 0.6 is 11.6 Å². The maximum Gasteiger partial charge on any atom is 0.290 e. The van der Waals surface area contributed by atoms with Crippen molar-refractivity contribution in [1.82, 2.24) is 4.90 Å². The zero-order chi connectivity index (χ0) is 23.7. The van der Waals surface area contributed by atoms with E-state index in [1.54, 1.807) is 24.3 Å². The number of nitrogens with zero attached hydrogens (tertiary/aromatic N) is 1. The van der Waals surface area contributed by atoms with E-state index in [0.717, 1.165) is 11.1 Å². The highest BCUT2D eigenvalue weighted by Crippen LogP contribution is 2.40. The van der Waals surface area contributed by atoms with E-state index >= 15 is 0 Å². The number of amides is 1. The highest BCUT2D eigenvalue weighted by molar-refractivity contribution is 6.31. The summed E-state index contributed by atoms with van der Waals surface area (Å²) >= 11 is 6.06. The molecule has 2 aromatic carbocycles. The molecular weight excluding hydrogens is 442 g/mol. The van der Waals surface area contributed by atoms with Crippen molar-refractivity contribution in [3.05, 3.63) is 81.8 Å². The standard InChI is InChI=1S/C26H26ClNO5/c1-15(2)32-11-5-10-28-23(17-7-4-6-16(3)12-17)22(25(30)26(28)31)24(29)21-14-18-13-19(27)8-9-20(18)33-21/h4,6-9,12-15,23,30H,5,10-11H2,1-3H3. The van der Waals surface area contributed by atoms with E-state index in [1.165, 1.54) is 4.90 Å². The lowest BCUT2D eigenvalue weighted by Gasteiger charge is -2.27. The van der Waals surface area contributed by atoms with Gasteiger partial charge in [0.25, 0.3) is 5.91 Å². The molecule has 4 rings (SSSR count). The van der Waals surface area contributed by atoms with Crippen LogP contribution in [0.25, 0.3) is 11.0 Å². The maximum atomic E-state index is 13.5. The van der Waals surface area contributed by atoms with Crippen LogP contribution < -0.4 is 0 Å². The number of hydrogen-bond acceptors (Lipinski definition) is 5. The lowest BCUT2D eigenvalue weighted by atomic mass is 9.94. The van der Waals surface area contributed by atoms with Crippen molar-refractivity contribution in [3.8, 4) is 0 Å². The molecule has 1 unspecified atom stereocenters. The van der Waals surface area contributed by atoms with Gasteiger partial charge in [-0.15, -0.1) is 0 Å². The number of ether oxygens (including phenoxy) is 1. The number of halogens is 1. The molecule has 2 heterocycles. The summed E-state index contributed by atoms with van der Waals surface area (Å²) in [5.41, 5.74) is 2.25. The molecule has 6 nitrogen and oxygen atoms in total. The summed E-state index contributed by atoms with van der Waals surface area (Å²) in [4.78, 5) is 28.1. The monoisotopic (exact) mass is 467 g/mol. The van der Waals surface area contributed by atoms with Crippen LogP contribution in [0.15, 0.2) is 64.3 Å². The van der Waals surface area contributed by atoms with Crippen LogP contribution in [0.4, 0.5) is 0 Å². The predicted octanol–water partition coefficient (Wildman–Crippen LogP) is 5.79. The fourth-order valence-corrected chi connectivity index (χ4v) is 4.30. The number of benzene rings is 2. The molecule has 0 saturated carbocycles. The first-order valence-corrected chi connectivity index (χ1v) is 11.3. The van der Waals surface area contributed by atoms with Gasteiger partial charge in [0.2, 0.25) is 5.78 Å². The molecular formula is C26H26ClNO5. The van der Waals surface area contributed by atoms with Crippen molar-refractivity contribution in [1.29, 1.82) is 0 Å². The third-order valence-electron chi connectivity index (χ3n) is 5.60. The van der Waals surface area contributed by atoms with Gasteiger partial charge in [0, 0.05) is 23.6 Å². The lowest BCUT2D eigenvalue weighted by Crippen LogP contribution is -2.32. The number of rotatable bonds is 8. The van der Waals surface area contributed by atoms with Gasteiger partial charge in [-0.3, -0.25) is 9.59 Å². The van der Waals surface area contributed by atoms with Gasteiger partial charge in [0.1, 0.15) is 5.58 Å². The number of aliphatic hydroxyl groups is 1. The molecule has 0 aliphatic carbocycles. The first-order chi connectivity index (χ1) is 15.8. The van der Waals surface area contributed by atoms with E-state index in [2.05, 4.69) is 0 Å². The molecule has 0 saturated heterocycles. The Morgan fingerprint density at radius 3 is 2.73 bits per heavy atom. The third-order valence-corrected chi connectivity index (χ3v) is 5.84. The molecule has 33 heavy (non-hydrogen) atoms. The number of aryl methyl sites for hydroxylation is 1. The largest absolute Gasteiger partial charge is 0.503 e. The number of hydrogen-bond donors (Lipinski definition) is 1. The van der Waals surface area contributed by atoms with Crippen molar-refractivity contribution < 1.29 is 23.8 Å². The van der Waals surface area contributed by atoms with Gasteiger partial charge in [-0.1, -0.05) is 41.4 Å². The smallest absolute Gasteiger partial charge is 0.290 e. The van der Waals surface area contributed by atoms with Gasteiger partial charge in [-0.25, -0.2) is 0 Å². The predicted molar refractivity (Wildman–Crippen MR) is 127 cm³/mol. The molecule has 1 atom stereocenters. The second-order valence-corrected chi connectivity index (χ2v) is 8.91. The summed E-state index contributed by atoms with van der Waals surface area (Å²) in [5, 5.41) is 12.0. The summed E-state index contributed by atoms with van der Waals surface area (Å²) in [7, 11) is 0. The van der Waals surface area contributed by atoms with Gasteiger partial charge in [-0.05, 0) is 57.0 Å². The van der Waals surface area contributed by atoms with E-state index < -0.39 is 23.5 Å². The average Bonchev–Trinajstić information content (AvgIpc) is 3.30. The second kappa shape index (κ2) is 9.41. The minimum absolute atomic E-state index is 0.0144. The van der Waals surface area contributed by atoms with Crippen LogP contribution in [0.5, 0.6) is 0 Å². The topological polar surface area (TPSA) is 80.0 Å². The van der Waals surface area contributed by atoms with Crippen LogP contribution in [0.1, 0.15) is 48.0 Å².